The van der Waals surface area contributed by atoms with Crippen LogP contribution in [0.15, 0.2) is 40.9 Å². The number of rotatable bonds is 2. The molecular formula is C15H14BrNO2. The summed E-state index contributed by atoms with van der Waals surface area (Å²) < 4.78 is 0.828. The molecule has 0 atom stereocenters. The van der Waals surface area contributed by atoms with Crippen molar-refractivity contribution in [3.63, 3.8) is 0 Å². The highest BCUT2D eigenvalue weighted by atomic mass is 79.9. The largest absolute Gasteiger partial charge is 0.507 e. The van der Waals surface area contributed by atoms with Crippen molar-refractivity contribution < 1.29 is 9.90 Å². The van der Waals surface area contributed by atoms with Crippen LogP contribution >= 0.6 is 15.9 Å². The Morgan fingerprint density at radius 1 is 1.21 bits per heavy atom. The van der Waals surface area contributed by atoms with Gasteiger partial charge in [0.2, 0.25) is 0 Å². The molecule has 2 aromatic carbocycles. The highest BCUT2D eigenvalue weighted by Crippen LogP contribution is 2.29. The zero-order chi connectivity index (χ0) is 14.0. The molecule has 4 heteroatoms. The summed E-state index contributed by atoms with van der Waals surface area (Å²) in [5.41, 5.74) is 3.06. The number of para-hydroxylation sites is 1. The standard InChI is InChI=1S/C15H14BrNO2/c1-9-7-10(2)14(12(16)8-9)17-15(19)11-5-3-4-6-13(11)18/h3-8,18H,1-2H3,(H,17,19). The molecule has 0 aliphatic rings. The number of nitrogens with one attached hydrogen (secondary N) is 1. The Hall–Kier alpha value is -1.81. The molecule has 0 fully saturated rings. The van der Waals surface area contributed by atoms with Gasteiger partial charge in [-0.05, 0) is 59.1 Å². The van der Waals surface area contributed by atoms with E-state index in [9.17, 15) is 9.90 Å². The van der Waals surface area contributed by atoms with Crippen LogP contribution in [0.3, 0.4) is 0 Å². The summed E-state index contributed by atoms with van der Waals surface area (Å²) in [7, 11) is 0. The van der Waals surface area contributed by atoms with Crippen LogP contribution in [-0.4, -0.2) is 11.0 Å². The number of aromatic hydroxyl groups is 1. The molecule has 2 aromatic rings. The molecule has 0 saturated carbocycles. The number of phenols is 1. The van der Waals surface area contributed by atoms with E-state index in [1.807, 2.05) is 26.0 Å². The van der Waals surface area contributed by atoms with Gasteiger partial charge in [0.1, 0.15) is 5.75 Å². The van der Waals surface area contributed by atoms with Gasteiger partial charge in [-0.15, -0.1) is 0 Å². The number of amides is 1. The fourth-order valence-corrected chi connectivity index (χ4v) is 2.69. The Kier molecular flexibility index (Phi) is 3.90. The summed E-state index contributed by atoms with van der Waals surface area (Å²) >= 11 is 3.44. The van der Waals surface area contributed by atoms with E-state index >= 15 is 0 Å². The highest BCUT2D eigenvalue weighted by Gasteiger charge is 2.13. The maximum absolute atomic E-state index is 12.1. The number of phenolic OH excluding ortho intramolecular Hbond substituents is 1. The van der Waals surface area contributed by atoms with Crippen molar-refractivity contribution in [2.45, 2.75) is 13.8 Å². The third-order valence-corrected chi connectivity index (χ3v) is 3.44. The normalized spacial score (nSPS) is 10.3. The maximum Gasteiger partial charge on any atom is 0.259 e. The molecule has 0 heterocycles. The smallest absolute Gasteiger partial charge is 0.259 e. The fraction of sp³-hybridized carbons (Fsp3) is 0.133. The van der Waals surface area contributed by atoms with Crippen molar-refractivity contribution in [3.05, 3.63) is 57.6 Å². The monoisotopic (exact) mass is 319 g/mol. The van der Waals surface area contributed by atoms with Gasteiger partial charge in [-0.25, -0.2) is 0 Å². The first-order valence-electron chi connectivity index (χ1n) is 5.85. The fourth-order valence-electron chi connectivity index (χ4n) is 1.92. The lowest BCUT2D eigenvalue weighted by Crippen LogP contribution is -2.13. The second-order valence-corrected chi connectivity index (χ2v) is 5.26. The van der Waals surface area contributed by atoms with E-state index in [-0.39, 0.29) is 17.2 Å². The third-order valence-electron chi connectivity index (χ3n) is 2.82. The van der Waals surface area contributed by atoms with Crippen molar-refractivity contribution in [3.8, 4) is 5.75 Å². The van der Waals surface area contributed by atoms with Crippen molar-refractivity contribution in [1.82, 2.24) is 0 Å². The van der Waals surface area contributed by atoms with Crippen LogP contribution in [0, 0.1) is 13.8 Å². The van der Waals surface area contributed by atoms with Crippen LogP contribution in [0.1, 0.15) is 21.5 Å². The molecule has 0 radical (unpaired) electrons. The first-order chi connectivity index (χ1) is 8.99. The Balaban J connectivity index is 2.32. The number of hydrogen-bond donors (Lipinski definition) is 2. The number of hydrogen-bond acceptors (Lipinski definition) is 2. The maximum atomic E-state index is 12.1. The van der Waals surface area contributed by atoms with Crippen LogP contribution in [0.5, 0.6) is 5.75 Å². The minimum absolute atomic E-state index is 0.0270. The molecule has 19 heavy (non-hydrogen) atoms. The summed E-state index contributed by atoms with van der Waals surface area (Å²) in [6.45, 7) is 3.92. The van der Waals surface area contributed by atoms with Gasteiger partial charge in [-0.3, -0.25) is 4.79 Å². The zero-order valence-corrected chi connectivity index (χ0v) is 12.3. The van der Waals surface area contributed by atoms with Gasteiger partial charge in [0.05, 0.1) is 11.3 Å². The van der Waals surface area contributed by atoms with E-state index in [1.54, 1.807) is 18.2 Å². The Bertz CT molecular complexity index is 615. The lowest BCUT2D eigenvalue weighted by Gasteiger charge is -2.12. The van der Waals surface area contributed by atoms with Gasteiger partial charge in [0, 0.05) is 4.47 Å². The van der Waals surface area contributed by atoms with Crippen LogP contribution in [0.4, 0.5) is 5.69 Å². The van der Waals surface area contributed by atoms with Gasteiger partial charge in [0.25, 0.3) is 5.91 Å². The summed E-state index contributed by atoms with van der Waals surface area (Å²) in [5.74, 6) is -0.355. The van der Waals surface area contributed by atoms with Crippen molar-refractivity contribution >= 4 is 27.5 Å². The van der Waals surface area contributed by atoms with Gasteiger partial charge < -0.3 is 10.4 Å². The molecule has 2 N–H and O–H groups in total. The lowest BCUT2D eigenvalue weighted by molar-refractivity contribution is 0.102. The van der Waals surface area contributed by atoms with E-state index in [0.29, 0.717) is 0 Å². The predicted molar refractivity (Wildman–Crippen MR) is 79.7 cm³/mol. The van der Waals surface area contributed by atoms with Crippen LogP contribution < -0.4 is 5.32 Å². The molecule has 2 rings (SSSR count). The first kappa shape index (κ1) is 13.6. The molecule has 0 bridgehead atoms. The quantitative estimate of drug-likeness (QED) is 0.878. The number of anilines is 1. The number of halogens is 1. The van der Waals surface area contributed by atoms with Gasteiger partial charge >= 0.3 is 0 Å². The van der Waals surface area contributed by atoms with Crippen molar-refractivity contribution in [2.24, 2.45) is 0 Å². The summed E-state index contributed by atoms with van der Waals surface area (Å²) in [5, 5.41) is 12.5. The molecule has 0 unspecified atom stereocenters. The van der Waals surface area contributed by atoms with E-state index in [1.165, 1.54) is 6.07 Å². The number of carbonyl (C=O) groups excluding carboxylic acids is 1. The second-order valence-electron chi connectivity index (χ2n) is 4.41. The lowest BCUT2D eigenvalue weighted by atomic mass is 10.1. The average molecular weight is 320 g/mol. The molecule has 0 aliphatic heterocycles. The zero-order valence-electron chi connectivity index (χ0n) is 10.7. The SMILES string of the molecule is Cc1cc(C)c(NC(=O)c2ccccc2O)c(Br)c1. The Morgan fingerprint density at radius 3 is 2.53 bits per heavy atom. The molecule has 0 saturated heterocycles. The highest BCUT2D eigenvalue weighted by molar-refractivity contribution is 9.10. The molecule has 0 aromatic heterocycles. The first-order valence-corrected chi connectivity index (χ1v) is 6.64. The molecular weight excluding hydrogens is 306 g/mol. The van der Waals surface area contributed by atoms with E-state index in [2.05, 4.69) is 21.2 Å². The van der Waals surface area contributed by atoms with Gasteiger partial charge in [0.15, 0.2) is 0 Å². The minimum Gasteiger partial charge on any atom is -0.507 e. The summed E-state index contributed by atoms with van der Waals surface area (Å²) in [6, 6.07) is 10.4. The Labute approximate surface area is 120 Å². The van der Waals surface area contributed by atoms with Crippen LogP contribution in [-0.2, 0) is 0 Å². The molecule has 98 valence electrons. The number of carbonyl (C=O) groups is 1. The average Bonchev–Trinajstić information content (AvgIpc) is 2.34. The Morgan fingerprint density at radius 2 is 1.89 bits per heavy atom. The van der Waals surface area contributed by atoms with E-state index in [0.717, 1.165) is 21.3 Å². The van der Waals surface area contributed by atoms with Crippen LogP contribution in [0.25, 0.3) is 0 Å². The molecule has 0 spiro atoms. The van der Waals surface area contributed by atoms with E-state index < -0.39 is 0 Å². The number of benzene rings is 2. The van der Waals surface area contributed by atoms with E-state index in [4.69, 9.17) is 0 Å². The minimum atomic E-state index is -0.328. The summed E-state index contributed by atoms with van der Waals surface area (Å²) in [6.07, 6.45) is 0. The second kappa shape index (κ2) is 5.45. The van der Waals surface area contributed by atoms with Crippen molar-refractivity contribution in [2.75, 3.05) is 5.32 Å². The summed E-state index contributed by atoms with van der Waals surface area (Å²) in [4.78, 5) is 12.1. The predicted octanol–water partition coefficient (Wildman–Crippen LogP) is 4.02. The molecule has 3 nitrogen and oxygen atoms in total. The molecule has 1 amide bonds. The third kappa shape index (κ3) is 2.96. The topological polar surface area (TPSA) is 49.3 Å². The van der Waals surface area contributed by atoms with Gasteiger partial charge in [-0.2, -0.15) is 0 Å². The molecule has 0 aliphatic carbocycles. The van der Waals surface area contributed by atoms with Crippen LogP contribution in [0.2, 0.25) is 0 Å². The van der Waals surface area contributed by atoms with Gasteiger partial charge in [-0.1, -0.05) is 18.2 Å². The van der Waals surface area contributed by atoms with Crippen molar-refractivity contribution in [1.29, 1.82) is 0 Å². The number of aryl methyl sites for hydroxylation is 2.